The SMILES string of the molecule is CCCCCCCCCCCCCCCCCCC(=O)Nc1cc(Cl)c(CC)c(Cl)c1OS(C)(=O)=O. The number of amides is 1. The average molecular weight is 565 g/mol. The van der Waals surface area contributed by atoms with Crippen molar-refractivity contribution in [3.8, 4) is 5.75 Å². The number of hydrogen-bond donors (Lipinski definition) is 1. The number of carbonyl (C=O) groups excluding carboxylic acids is 1. The summed E-state index contributed by atoms with van der Waals surface area (Å²) in [5, 5.41) is 3.19. The van der Waals surface area contributed by atoms with Crippen LogP contribution in [0.15, 0.2) is 6.07 Å². The van der Waals surface area contributed by atoms with Crippen molar-refractivity contribution in [2.24, 2.45) is 0 Å². The average Bonchev–Trinajstić information content (AvgIpc) is 2.81. The van der Waals surface area contributed by atoms with Gasteiger partial charge in [-0.05, 0) is 24.5 Å². The van der Waals surface area contributed by atoms with E-state index in [1.807, 2.05) is 6.92 Å². The molecule has 0 aliphatic heterocycles. The second-order valence-corrected chi connectivity index (χ2v) is 12.1. The zero-order valence-electron chi connectivity index (χ0n) is 22.6. The van der Waals surface area contributed by atoms with Gasteiger partial charge in [0.25, 0.3) is 0 Å². The Morgan fingerprint density at radius 3 is 1.67 bits per heavy atom. The Balaban J connectivity index is 2.21. The Morgan fingerprint density at radius 2 is 1.25 bits per heavy atom. The minimum atomic E-state index is -3.82. The van der Waals surface area contributed by atoms with Crippen LogP contribution >= 0.6 is 23.2 Å². The highest BCUT2D eigenvalue weighted by molar-refractivity contribution is 7.86. The number of anilines is 1. The summed E-state index contributed by atoms with van der Waals surface area (Å²) in [6.45, 7) is 4.12. The molecule has 0 aliphatic carbocycles. The maximum absolute atomic E-state index is 12.5. The summed E-state index contributed by atoms with van der Waals surface area (Å²) in [4.78, 5) is 12.5. The number of rotatable bonds is 21. The predicted octanol–water partition coefficient (Wildman–Crippen LogP) is 9.48. The van der Waals surface area contributed by atoms with Crippen molar-refractivity contribution in [3.05, 3.63) is 21.7 Å². The van der Waals surface area contributed by atoms with Crippen molar-refractivity contribution in [3.63, 3.8) is 0 Å². The molecule has 0 aliphatic rings. The Labute approximate surface area is 230 Å². The van der Waals surface area contributed by atoms with Gasteiger partial charge in [0.2, 0.25) is 5.91 Å². The third-order valence-corrected chi connectivity index (χ3v) is 7.59. The summed E-state index contributed by atoms with van der Waals surface area (Å²) < 4.78 is 28.4. The van der Waals surface area contributed by atoms with Crippen LogP contribution < -0.4 is 9.50 Å². The molecule has 0 atom stereocenters. The molecule has 1 N–H and O–H groups in total. The van der Waals surface area contributed by atoms with Crippen molar-refractivity contribution in [1.82, 2.24) is 0 Å². The van der Waals surface area contributed by atoms with E-state index in [0.717, 1.165) is 25.5 Å². The third-order valence-electron chi connectivity index (χ3n) is 6.39. The molecule has 1 aromatic carbocycles. The van der Waals surface area contributed by atoms with E-state index in [9.17, 15) is 13.2 Å². The first kappa shape index (κ1) is 33.0. The summed E-state index contributed by atoms with van der Waals surface area (Å²) in [5.74, 6) is -0.296. The fraction of sp³-hybridized carbons (Fsp3) is 0.750. The number of halogens is 2. The first-order chi connectivity index (χ1) is 17.2. The molecule has 208 valence electrons. The molecule has 0 unspecified atom stereocenters. The maximum Gasteiger partial charge on any atom is 0.306 e. The number of unbranched alkanes of at least 4 members (excludes halogenated alkanes) is 15. The van der Waals surface area contributed by atoms with Crippen LogP contribution in [0, 0.1) is 0 Å². The molecule has 0 aromatic heterocycles. The van der Waals surface area contributed by atoms with E-state index in [1.54, 1.807) is 0 Å². The Bertz CT molecular complexity index is 875. The second-order valence-electron chi connectivity index (χ2n) is 9.77. The predicted molar refractivity (Wildman–Crippen MR) is 154 cm³/mol. The fourth-order valence-electron chi connectivity index (χ4n) is 4.34. The molecule has 0 spiro atoms. The molecule has 1 aromatic rings. The minimum absolute atomic E-state index is 0.0826. The molecule has 5 nitrogen and oxygen atoms in total. The summed E-state index contributed by atoms with van der Waals surface area (Å²) in [6.07, 6.45) is 22.2. The topological polar surface area (TPSA) is 72.5 Å². The molecule has 0 fully saturated rings. The van der Waals surface area contributed by atoms with Gasteiger partial charge >= 0.3 is 10.1 Å². The Morgan fingerprint density at radius 1 is 0.806 bits per heavy atom. The molecule has 0 radical (unpaired) electrons. The first-order valence-corrected chi connectivity index (χ1v) is 16.5. The van der Waals surface area contributed by atoms with Crippen LogP contribution in [0.3, 0.4) is 0 Å². The van der Waals surface area contributed by atoms with E-state index in [4.69, 9.17) is 27.4 Å². The molecule has 0 heterocycles. The van der Waals surface area contributed by atoms with E-state index in [2.05, 4.69) is 12.2 Å². The van der Waals surface area contributed by atoms with Gasteiger partial charge in [-0.25, -0.2) is 0 Å². The summed E-state index contributed by atoms with van der Waals surface area (Å²) in [5.41, 5.74) is 0.752. The fourth-order valence-corrected chi connectivity index (χ4v) is 5.62. The highest BCUT2D eigenvalue weighted by Crippen LogP contribution is 2.41. The smallest absolute Gasteiger partial charge is 0.306 e. The summed E-state index contributed by atoms with van der Waals surface area (Å²) >= 11 is 12.6. The van der Waals surface area contributed by atoms with Gasteiger partial charge in [-0.3, -0.25) is 4.79 Å². The Kier molecular flexibility index (Phi) is 17.6. The van der Waals surface area contributed by atoms with Crippen LogP contribution in [0.25, 0.3) is 0 Å². The van der Waals surface area contributed by atoms with Gasteiger partial charge < -0.3 is 9.50 Å². The largest absolute Gasteiger partial charge is 0.379 e. The van der Waals surface area contributed by atoms with Gasteiger partial charge in [0, 0.05) is 11.4 Å². The molecule has 8 heteroatoms. The molecule has 0 bridgehead atoms. The molecule has 1 amide bonds. The van der Waals surface area contributed by atoms with Crippen LogP contribution in [-0.2, 0) is 21.3 Å². The normalized spacial score (nSPS) is 11.6. The van der Waals surface area contributed by atoms with Crippen LogP contribution in [0.2, 0.25) is 10.0 Å². The van der Waals surface area contributed by atoms with E-state index in [1.165, 1.54) is 89.5 Å². The van der Waals surface area contributed by atoms with Crippen molar-refractivity contribution >= 4 is 44.9 Å². The number of nitrogens with one attached hydrogen (secondary N) is 1. The zero-order valence-corrected chi connectivity index (χ0v) is 24.9. The molecule has 36 heavy (non-hydrogen) atoms. The van der Waals surface area contributed by atoms with Gasteiger partial charge in [0.05, 0.1) is 17.0 Å². The van der Waals surface area contributed by atoms with E-state index in [0.29, 0.717) is 23.4 Å². The van der Waals surface area contributed by atoms with E-state index in [-0.39, 0.29) is 22.4 Å². The molecule has 0 saturated carbocycles. The highest BCUT2D eigenvalue weighted by atomic mass is 35.5. The van der Waals surface area contributed by atoms with Crippen molar-refractivity contribution < 1.29 is 17.4 Å². The quantitative estimate of drug-likeness (QED) is 0.119. The van der Waals surface area contributed by atoms with Crippen LogP contribution in [0.1, 0.15) is 129 Å². The van der Waals surface area contributed by atoms with Crippen molar-refractivity contribution in [1.29, 1.82) is 0 Å². The number of hydrogen-bond acceptors (Lipinski definition) is 4. The summed E-state index contributed by atoms with van der Waals surface area (Å²) in [6, 6.07) is 1.50. The number of carbonyl (C=O) groups is 1. The molecule has 0 saturated heterocycles. The van der Waals surface area contributed by atoms with Crippen molar-refractivity contribution in [2.75, 3.05) is 11.6 Å². The lowest BCUT2D eigenvalue weighted by molar-refractivity contribution is -0.116. The van der Waals surface area contributed by atoms with Gasteiger partial charge in [0.15, 0.2) is 5.75 Å². The van der Waals surface area contributed by atoms with Crippen LogP contribution in [0.4, 0.5) is 5.69 Å². The molecule has 1 rings (SSSR count). The second kappa shape index (κ2) is 19.1. The van der Waals surface area contributed by atoms with Gasteiger partial charge in [0.1, 0.15) is 0 Å². The molecular weight excluding hydrogens is 517 g/mol. The third kappa shape index (κ3) is 14.7. The molecular formula is C28H47Cl2NO4S. The standard InChI is InChI=1S/C28H47Cl2NO4S/c1-4-6-7-8-9-10-11-12-13-14-15-16-17-18-19-20-21-26(32)31-25-22-24(29)23(5-2)27(30)28(25)35-36(3,33)34/h22H,4-21H2,1-3H3,(H,31,32). The Hall–Kier alpha value is -0.980. The highest BCUT2D eigenvalue weighted by Gasteiger charge is 2.21. The number of benzene rings is 1. The lowest BCUT2D eigenvalue weighted by atomic mass is 10.0. The van der Waals surface area contributed by atoms with Crippen molar-refractivity contribution in [2.45, 2.75) is 129 Å². The lowest BCUT2D eigenvalue weighted by Crippen LogP contribution is -2.15. The van der Waals surface area contributed by atoms with Gasteiger partial charge in [-0.2, -0.15) is 8.42 Å². The van der Waals surface area contributed by atoms with Gasteiger partial charge in [-0.1, -0.05) is 133 Å². The van der Waals surface area contributed by atoms with Crippen LogP contribution in [-0.4, -0.2) is 20.6 Å². The first-order valence-electron chi connectivity index (χ1n) is 13.9. The monoisotopic (exact) mass is 563 g/mol. The summed E-state index contributed by atoms with van der Waals surface area (Å²) in [7, 11) is -3.82. The maximum atomic E-state index is 12.5. The minimum Gasteiger partial charge on any atom is -0.379 e. The zero-order chi connectivity index (χ0) is 26.8. The van der Waals surface area contributed by atoms with Gasteiger partial charge in [-0.15, -0.1) is 0 Å². The van der Waals surface area contributed by atoms with Crippen LogP contribution in [0.5, 0.6) is 5.75 Å². The van der Waals surface area contributed by atoms with E-state index < -0.39 is 10.1 Å². The lowest BCUT2D eigenvalue weighted by Gasteiger charge is -2.16. The van der Waals surface area contributed by atoms with E-state index >= 15 is 0 Å².